The SMILES string of the molecule is CCC1C[N+](C)(C)CC1CCC(CC(CC(C)O)C(=O)O)C(=O)O.[Na+]. The van der Waals surface area contributed by atoms with Crippen LogP contribution in [0.5, 0.6) is 0 Å². The molecule has 0 radical (unpaired) electrons. The summed E-state index contributed by atoms with van der Waals surface area (Å²) in [6.07, 6.45) is 1.90. The third kappa shape index (κ3) is 8.39. The van der Waals surface area contributed by atoms with Gasteiger partial charge in [-0.15, -0.1) is 0 Å². The average molecular weight is 367 g/mol. The zero-order chi connectivity index (χ0) is 18.5. The second-order valence-electron chi connectivity index (χ2n) is 8.20. The Balaban J connectivity index is 0.00000576. The molecule has 0 aliphatic carbocycles. The molecule has 0 saturated carbocycles. The van der Waals surface area contributed by atoms with Crippen LogP contribution < -0.4 is 29.6 Å². The molecule has 0 amide bonds. The van der Waals surface area contributed by atoms with E-state index in [0.29, 0.717) is 18.3 Å². The second kappa shape index (κ2) is 10.9. The fourth-order valence-electron chi connectivity index (χ4n) is 4.24. The van der Waals surface area contributed by atoms with Crippen molar-refractivity contribution >= 4 is 11.9 Å². The summed E-state index contributed by atoms with van der Waals surface area (Å²) in [6, 6.07) is 0. The van der Waals surface area contributed by atoms with Crippen molar-refractivity contribution < 1.29 is 58.9 Å². The van der Waals surface area contributed by atoms with Gasteiger partial charge >= 0.3 is 41.5 Å². The zero-order valence-corrected chi connectivity index (χ0v) is 18.4. The minimum atomic E-state index is -1.02. The van der Waals surface area contributed by atoms with E-state index in [2.05, 4.69) is 21.0 Å². The topological polar surface area (TPSA) is 94.8 Å². The largest absolute Gasteiger partial charge is 1.00 e. The zero-order valence-electron chi connectivity index (χ0n) is 16.4. The summed E-state index contributed by atoms with van der Waals surface area (Å²) >= 11 is 0. The molecule has 1 aliphatic rings. The van der Waals surface area contributed by atoms with Gasteiger partial charge in [0.1, 0.15) is 0 Å². The number of hydrogen-bond acceptors (Lipinski definition) is 3. The summed E-state index contributed by atoms with van der Waals surface area (Å²) in [7, 11) is 4.42. The standard InChI is InChI=1S/C18H33NO5.Na/c1-5-13-10-19(3,4)11-15(13)7-6-14(17(21)22)9-16(18(23)24)8-12(2)20;/h12-16,20H,5-11H2,1-4H3,(H-,21,22,23,24);/q;+1/p+1. The Morgan fingerprint density at radius 1 is 1.04 bits per heavy atom. The van der Waals surface area contributed by atoms with Crippen LogP contribution in [-0.2, 0) is 9.59 Å². The molecule has 0 aromatic carbocycles. The van der Waals surface area contributed by atoms with Crippen molar-refractivity contribution in [2.45, 2.75) is 52.1 Å². The summed E-state index contributed by atoms with van der Waals surface area (Å²) < 4.78 is 0.973. The van der Waals surface area contributed by atoms with Gasteiger partial charge in [0.25, 0.3) is 0 Å². The van der Waals surface area contributed by atoms with E-state index in [1.54, 1.807) is 0 Å². The van der Waals surface area contributed by atoms with E-state index in [0.717, 1.165) is 30.4 Å². The third-order valence-corrected chi connectivity index (χ3v) is 5.43. The van der Waals surface area contributed by atoms with Gasteiger partial charge in [0.2, 0.25) is 0 Å². The first kappa shape index (κ1) is 24.9. The molecule has 1 aliphatic heterocycles. The minimum absolute atomic E-state index is 0. The number of carboxylic acids is 2. The molecular formula is C18H34NNaO5+2. The first-order chi connectivity index (χ1) is 11.1. The summed E-state index contributed by atoms with van der Waals surface area (Å²) in [4.78, 5) is 22.9. The Hall–Kier alpha value is -0.140. The van der Waals surface area contributed by atoms with Gasteiger partial charge in [-0.05, 0) is 39.0 Å². The van der Waals surface area contributed by atoms with Gasteiger partial charge in [-0.25, -0.2) is 0 Å². The summed E-state index contributed by atoms with van der Waals surface area (Å²) in [6.45, 7) is 5.90. The Kier molecular flexibility index (Phi) is 10.8. The van der Waals surface area contributed by atoms with Gasteiger partial charge in [-0.3, -0.25) is 9.59 Å². The maximum absolute atomic E-state index is 11.6. The van der Waals surface area contributed by atoms with Crippen LogP contribution in [0, 0.1) is 23.7 Å². The van der Waals surface area contributed by atoms with Crippen molar-refractivity contribution in [3.8, 4) is 0 Å². The van der Waals surface area contributed by atoms with Gasteiger partial charge in [-0.2, -0.15) is 0 Å². The summed E-state index contributed by atoms with van der Waals surface area (Å²) in [5.41, 5.74) is 0. The molecule has 140 valence electrons. The smallest absolute Gasteiger partial charge is 0.481 e. The van der Waals surface area contributed by atoms with Crippen molar-refractivity contribution in [3.05, 3.63) is 0 Å². The van der Waals surface area contributed by atoms with Crippen LogP contribution >= 0.6 is 0 Å². The Morgan fingerprint density at radius 3 is 2.00 bits per heavy atom. The molecule has 0 aromatic heterocycles. The van der Waals surface area contributed by atoms with E-state index in [1.807, 2.05) is 0 Å². The summed E-state index contributed by atoms with van der Waals surface area (Å²) in [5.74, 6) is -2.28. The van der Waals surface area contributed by atoms with Crippen molar-refractivity contribution in [3.63, 3.8) is 0 Å². The molecule has 7 heteroatoms. The predicted octanol–water partition coefficient (Wildman–Crippen LogP) is -0.934. The Morgan fingerprint density at radius 2 is 1.56 bits per heavy atom. The number of carboxylic acid groups (broad SMARTS) is 2. The molecule has 5 unspecified atom stereocenters. The van der Waals surface area contributed by atoms with Crippen LogP contribution in [0.25, 0.3) is 0 Å². The predicted molar refractivity (Wildman–Crippen MR) is 91.5 cm³/mol. The number of hydrogen-bond donors (Lipinski definition) is 3. The number of rotatable bonds is 10. The molecule has 1 fully saturated rings. The molecule has 0 spiro atoms. The maximum atomic E-state index is 11.6. The quantitative estimate of drug-likeness (QED) is 0.342. The van der Waals surface area contributed by atoms with Crippen LogP contribution in [0.15, 0.2) is 0 Å². The van der Waals surface area contributed by atoms with E-state index in [1.165, 1.54) is 6.92 Å². The molecule has 0 aromatic rings. The Labute approximate surface area is 173 Å². The van der Waals surface area contributed by atoms with Crippen LogP contribution in [0.1, 0.15) is 46.0 Å². The van der Waals surface area contributed by atoms with E-state index < -0.39 is 29.9 Å². The number of carbonyl (C=O) groups is 2. The van der Waals surface area contributed by atoms with Gasteiger partial charge in [-0.1, -0.05) is 6.92 Å². The van der Waals surface area contributed by atoms with E-state index in [9.17, 15) is 24.9 Å². The maximum Gasteiger partial charge on any atom is 1.00 e. The number of aliphatic carboxylic acids is 2. The average Bonchev–Trinajstić information content (AvgIpc) is 2.75. The van der Waals surface area contributed by atoms with Crippen LogP contribution in [-0.4, -0.2) is 65.0 Å². The molecule has 3 N–H and O–H groups in total. The number of aliphatic hydroxyl groups excluding tert-OH is 1. The van der Waals surface area contributed by atoms with Crippen LogP contribution in [0.4, 0.5) is 0 Å². The normalized spacial score (nSPS) is 25.6. The summed E-state index contributed by atoms with van der Waals surface area (Å²) in [5, 5.41) is 28.2. The van der Waals surface area contributed by atoms with Gasteiger partial charge < -0.3 is 19.8 Å². The molecule has 1 rings (SSSR count). The third-order valence-electron chi connectivity index (χ3n) is 5.43. The van der Waals surface area contributed by atoms with Crippen LogP contribution in [0.2, 0.25) is 0 Å². The number of quaternary nitrogens is 1. The molecular weight excluding hydrogens is 333 g/mol. The Bertz CT molecular complexity index is 441. The molecule has 25 heavy (non-hydrogen) atoms. The minimum Gasteiger partial charge on any atom is -0.481 e. The van der Waals surface area contributed by atoms with Gasteiger partial charge in [0, 0.05) is 11.8 Å². The fraction of sp³-hybridized carbons (Fsp3) is 0.889. The van der Waals surface area contributed by atoms with Gasteiger partial charge in [0.15, 0.2) is 0 Å². The molecule has 5 atom stereocenters. The van der Waals surface area contributed by atoms with Crippen molar-refractivity contribution in [2.75, 3.05) is 27.2 Å². The van der Waals surface area contributed by atoms with Crippen molar-refractivity contribution in [2.24, 2.45) is 23.7 Å². The van der Waals surface area contributed by atoms with E-state index >= 15 is 0 Å². The first-order valence-electron chi connectivity index (χ1n) is 9.01. The number of aliphatic hydroxyl groups is 1. The second-order valence-corrected chi connectivity index (χ2v) is 8.20. The van der Waals surface area contributed by atoms with Crippen LogP contribution in [0.3, 0.4) is 0 Å². The monoisotopic (exact) mass is 367 g/mol. The fourth-order valence-corrected chi connectivity index (χ4v) is 4.24. The van der Waals surface area contributed by atoms with Crippen molar-refractivity contribution in [1.29, 1.82) is 0 Å². The van der Waals surface area contributed by atoms with E-state index in [-0.39, 0.29) is 42.4 Å². The first-order valence-corrected chi connectivity index (χ1v) is 9.01. The van der Waals surface area contributed by atoms with E-state index in [4.69, 9.17) is 0 Å². The number of nitrogens with zero attached hydrogens (tertiary/aromatic N) is 1. The molecule has 6 nitrogen and oxygen atoms in total. The molecule has 1 saturated heterocycles. The number of likely N-dealkylation sites (tertiary alicyclic amines) is 1. The van der Waals surface area contributed by atoms with Gasteiger partial charge in [0.05, 0.1) is 45.1 Å². The van der Waals surface area contributed by atoms with Crippen molar-refractivity contribution in [1.82, 2.24) is 0 Å². The molecule has 0 bridgehead atoms. The molecule has 1 heterocycles.